The van der Waals surface area contributed by atoms with Crippen LogP contribution in [0.25, 0.3) is 11.8 Å². The maximum atomic E-state index is 13.4. The summed E-state index contributed by atoms with van der Waals surface area (Å²) in [6.07, 6.45) is 1.65. The van der Waals surface area contributed by atoms with Gasteiger partial charge in [-0.1, -0.05) is 33.6 Å². The molecule has 0 radical (unpaired) electrons. The van der Waals surface area contributed by atoms with Gasteiger partial charge in [-0.2, -0.15) is 0 Å². The third-order valence-corrected chi connectivity index (χ3v) is 6.34. The molecule has 0 spiro atoms. The van der Waals surface area contributed by atoms with Crippen LogP contribution in [-0.4, -0.2) is 21.5 Å². The first-order chi connectivity index (χ1) is 15.2. The Morgan fingerprint density at radius 1 is 0.969 bits per heavy atom. The lowest BCUT2D eigenvalue weighted by molar-refractivity contribution is -0.122. The molecule has 5 nitrogen and oxygen atoms in total. The molecule has 0 unspecified atom stereocenters. The summed E-state index contributed by atoms with van der Waals surface area (Å²) < 4.78 is 3.01. The minimum atomic E-state index is -0.494. The lowest BCUT2D eigenvalue weighted by Crippen LogP contribution is -2.54. The first-order valence-electron chi connectivity index (χ1n) is 10.1. The Hall–Kier alpha value is -3.03. The van der Waals surface area contributed by atoms with Crippen LogP contribution in [0.5, 0.6) is 0 Å². The molecule has 2 heterocycles. The highest BCUT2D eigenvalue weighted by Gasteiger charge is 2.35. The highest BCUT2D eigenvalue weighted by molar-refractivity contribution is 9.10. The van der Waals surface area contributed by atoms with E-state index >= 15 is 0 Å². The molecule has 1 aliphatic rings. The molecule has 7 heteroatoms. The highest BCUT2D eigenvalue weighted by atomic mass is 79.9. The number of halogens is 1. The minimum absolute atomic E-state index is 0.0464. The van der Waals surface area contributed by atoms with Gasteiger partial charge in [-0.15, -0.1) is 0 Å². The first kappa shape index (κ1) is 22.2. The molecule has 0 aliphatic carbocycles. The molecule has 1 saturated heterocycles. The van der Waals surface area contributed by atoms with Crippen LogP contribution < -0.4 is 10.2 Å². The van der Waals surface area contributed by atoms with Crippen molar-refractivity contribution in [2.24, 2.45) is 0 Å². The molecule has 1 N–H and O–H groups in total. The Labute approximate surface area is 200 Å². The quantitative estimate of drug-likeness (QED) is 0.297. The summed E-state index contributed by atoms with van der Waals surface area (Å²) in [7, 11) is 0. The number of carbonyl (C=O) groups is 2. The number of nitrogens with one attached hydrogen (secondary N) is 1. The van der Waals surface area contributed by atoms with Crippen molar-refractivity contribution in [2.75, 3.05) is 4.90 Å². The average molecular weight is 508 g/mol. The van der Waals surface area contributed by atoms with E-state index in [2.05, 4.69) is 50.1 Å². The maximum Gasteiger partial charge on any atom is 0.270 e. The topological polar surface area (TPSA) is 54.3 Å². The maximum absolute atomic E-state index is 13.4. The van der Waals surface area contributed by atoms with E-state index in [9.17, 15) is 9.59 Å². The van der Waals surface area contributed by atoms with Crippen molar-refractivity contribution in [1.82, 2.24) is 9.88 Å². The summed E-state index contributed by atoms with van der Waals surface area (Å²) >= 11 is 8.77. The molecule has 1 fully saturated rings. The second-order valence-electron chi connectivity index (χ2n) is 7.89. The van der Waals surface area contributed by atoms with E-state index in [1.807, 2.05) is 52.0 Å². The zero-order valence-corrected chi connectivity index (χ0v) is 20.6. The van der Waals surface area contributed by atoms with Gasteiger partial charge in [-0.25, -0.2) is 0 Å². The van der Waals surface area contributed by atoms with Gasteiger partial charge in [-0.3, -0.25) is 19.8 Å². The molecule has 4 rings (SSSR count). The Balaban J connectivity index is 1.77. The molecule has 2 aromatic carbocycles. The fourth-order valence-corrected chi connectivity index (χ4v) is 4.68. The van der Waals surface area contributed by atoms with E-state index in [0.717, 1.165) is 32.7 Å². The number of anilines is 1. The number of aromatic nitrogens is 1. The van der Waals surface area contributed by atoms with E-state index in [0.29, 0.717) is 5.69 Å². The zero-order chi connectivity index (χ0) is 23.2. The molecule has 0 bridgehead atoms. The SMILES string of the molecule is Cc1ccc(-n2c(C)cc(/C=C3/C(=O)NC(=S)N(c4ccc(Br)cc4C)C3=O)c2C)cc1. The standard InChI is InChI=1S/C25H22BrN3O2S/c1-14-5-8-20(9-6-14)28-16(3)12-18(17(28)4)13-21-23(30)27-25(32)29(24(21)31)22-10-7-19(26)11-15(22)2/h5-13H,1-4H3,(H,27,30,32)/b21-13-. The molecule has 162 valence electrons. The first-order valence-corrected chi connectivity index (χ1v) is 11.3. The van der Waals surface area contributed by atoms with E-state index < -0.39 is 11.8 Å². The predicted molar refractivity (Wildman–Crippen MR) is 135 cm³/mol. The summed E-state index contributed by atoms with van der Waals surface area (Å²) in [5, 5.41) is 2.74. The van der Waals surface area contributed by atoms with Crippen molar-refractivity contribution >= 4 is 56.8 Å². The van der Waals surface area contributed by atoms with Crippen molar-refractivity contribution in [3.8, 4) is 5.69 Å². The number of benzene rings is 2. The van der Waals surface area contributed by atoms with Gasteiger partial charge in [0.05, 0.1) is 5.69 Å². The van der Waals surface area contributed by atoms with Crippen molar-refractivity contribution in [3.05, 3.63) is 86.7 Å². The monoisotopic (exact) mass is 507 g/mol. The van der Waals surface area contributed by atoms with Gasteiger partial charge < -0.3 is 4.57 Å². The fourth-order valence-electron chi connectivity index (χ4n) is 3.93. The summed E-state index contributed by atoms with van der Waals surface area (Å²) in [6, 6.07) is 15.8. The smallest absolute Gasteiger partial charge is 0.270 e. The number of nitrogens with zero attached hydrogens (tertiary/aromatic N) is 2. The van der Waals surface area contributed by atoms with Gasteiger partial charge in [0, 0.05) is 21.5 Å². The van der Waals surface area contributed by atoms with E-state index in [4.69, 9.17) is 12.2 Å². The minimum Gasteiger partial charge on any atom is -0.318 e. The van der Waals surface area contributed by atoms with Crippen molar-refractivity contribution in [2.45, 2.75) is 27.7 Å². The van der Waals surface area contributed by atoms with Crippen LogP contribution in [0.4, 0.5) is 5.69 Å². The summed E-state index contributed by atoms with van der Waals surface area (Å²) in [6.45, 7) is 7.92. The number of aryl methyl sites for hydroxylation is 3. The molecular weight excluding hydrogens is 486 g/mol. The van der Waals surface area contributed by atoms with Gasteiger partial charge >= 0.3 is 0 Å². The van der Waals surface area contributed by atoms with Crippen LogP contribution in [0, 0.1) is 27.7 Å². The van der Waals surface area contributed by atoms with Crippen LogP contribution >= 0.6 is 28.1 Å². The molecule has 32 heavy (non-hydrogen) atoms. The summed E-state index contributed by atoms with van der Waals surface area (Å²) in [5.41, 5.74) is 6.52. The summed E-state index contributed by atoms with van der Waals surface area (Å²) in [5.74, 6) is -0.935. The third-order valence-electron chi connectivity index (χ3n) is 5.56. The number of hydrogen-bond acceptors (Lipinski definition) is 3. The molecule has 1 aromatic heterocycles. The normalized spacial score (nSPS) is 15.5. The molecule has 1 aliphatic heterocycles. The van der Waals surface area contributed by atoms with Gasteiger partial charge in [0.15, 0.2) is 5.11 Å². The predicted octanol–water partition coefficient (Wildman–Crippen LogP) is 5.30. The zero-order valence-electron chi connectivity index (χ0n) is 18.2. The number of amides is 2. The van der Waals surface area contributed by atoms with Crippen LogP contribution in [0.1, 0.15) is 28.1 Å². The molecule has 0 saturated carbocycles. The lowest BCUT2D eigenvalue weighted by Gasteiger charge is -2.30. The Morgan fingerprint density at radius 2 is 1.66 bits per heavy atom. The van der Waals surface area contributed by atoms with Crippen LogP contribution in [0.3, 0.4) is 0 Å². The van der Waals surface area contributed by atoms with Crippen molar-refractivity contribution < 1.29 is 9.59 Å². The molecule has 3 aromatic rings. The fraction of sp³-hybridized carbons (Fsp3) is 0.160. The third kappa shape index (κ3) is 3.94. The Morgan fingerprint density at radius 3 is 2.31 bits per heavy atom. The van der Waals surface area contributed by atoms with Crippen LogP contribution in [-0.2, 0) is 9.59 Å². The van der Waals surface area contributed by atoms with Gasteiger partial charge in [0.2, 0.25) is 0 Å². The summed E-state index contributed by atoms with van der Waals surface area (Å²) in [4.78, 5) is 27.5. The van der Waals surface area contributed by atoms with E-state index in [1.165, 1.54) is 10.5 Å². The van der Waals surface area contributed by atoms with Gasteiger partial charge in [0.25, 0.3) is 11.8 Å². The molecule has 2 amide bonds. The Bertz CT molecular complexity index is 1310. The number of carbonyl (C=O) groups excluding carboxylic acids is 2. The molecular formula is C25H22BrN3O2S. The van der Waals surface area contributed by atoms with E-state index in [-0.39, 0.29) is 10.7 Å². The van der Waals surface area contributed by atoms with Crippen LogP contribution in [0.15, 0.2) is 58.6 Å². The van der Waals surface area contributed by atoms with Gasteiger partial charge in [0.1, 0.15) is 5.57 Å². The van der Waals surface area contributed by atoms with Crippen molar-refractivity contribution in [3.63, 3.8) is 0 Å². The highest BCUT2D eigenvalue weighted by Crippen LogP contribution is 2.29. The second-order valence-corrected chi connectivity index (χ2v) is 9.19. The van der Waals surface area contributed by atoms with Crippen molar-refractivity contribution in [1.29, 1.82) is 0 Å². The number of hydrogen-bond donors (Lipinski definition) is 1. The Kier molecular flexibility index (Phi) is 5.88. The number of thiocarbonyl (C=S) groups is 1. The lowest BCUT2D eigenvalue weighted by atomic mass is 10.1. The number of rotatable bonds is 3. The average Bonchev–Trinajstić information content (AvgIpc) is 3.00. The largest absolute Gasteiger partial charge is 0.318 e. The van der Waals surface area contributed by atoms with Crippen LogP contribution in [0.2, 0.25) is 0 Å². The van der Waals surface area contributed by atoms with E-state index in [1.54, 1.807) is 6.08 Å². The molecule has 0 atom stereocenters. The van der Waals surface area contributed by atoms with Gasteiger partial charge in [-0.05, 0) is 93.5 Å². The second kappa shape index (κ2) is 8.48.